The molecule has 0 atom stereocenters. The molecular formula is C10H22Br2O2Si. The third kappa shape index (κ3) is 11.4. The van der Waals surface area contributed by atoms with Gasteiger partial charge >= 0.3 is 8.56 Å². The molecule has 0 aliphatic carbocycles. The molecule has 0 N–H and O–H groups in total. The van der Waals surface area contributed by atoms with Gasteiger partial charge in [0.05, 0.1) is 0 Å². The van der Waals surface area contributed by atoms with Crippen molar-refractivity contribution in [1.82, 2.24) is 0 Å². The molecule has 0 bridgehead atoms. The molecule has 0 aliphatic heterocycles. The maximum absolute atomic E-state index is 5.80. The van der Waals surface area contributed by atoms with E-state index in [0.29, 0.717) is 0 Å². The second-order valence-electron chi connectivity index (χ2n) is 3.89. The first-order chi connectivity index (χ1) is 7.12. The highest BCUT2D eigenvalue weighted by atomic mass is 79.9. The van der Waals surface area contributed by atoms with Crippen LogP contribution in [-0.4, -0.2) is 32.4 Å². The summed E-state index contributed by atoms with van der Waals surface area (Å²) in [6, 6.07) is 0. The SMILES string of the molecule is C[Si](C)(OCCCCBr)OCCCCBr. The molecule has 0 amide bonds. The molecule has 15 heavy (non-hydrogen) atoms. The van der Waals surface area contributed by atoms with Crippen LogP contribution in [-0.2, 0) is 8.85 Å². The van der Waals surface area contributed by atoms with Gasteiger partial charge in [0, 0.05) is 23.9 Å². The first-order valence-electron chi connectivity index (χ1n) is 5.52. The fourth-order valence-corrected chi connectivity index (χ4v) is 3.22. The first kappa shape index (κ1) is 16.1. The van der Waals surface area contributed by atoms with Crippen LogP contribution in [0.1, 0.15) is 25.7 Å². The number of alkyl halides is 2. The van der Waals surface area contributed by atoms with Crippen LogP contribution in [0.15, 0.2) is 0 Å². The number of hydrogen-bond acceptors (Lipinski definition) is 2. The van der Waals surface area contributed by atoms with Crippen molar-refractivity contribution in [3.8, 4) is 0 Å². The van der Waals surface area contributed by atoms with Gasteiger partial charge in [-0.1, -0.05) is 31.9 Å². The van der Waals surface area contributed by atoms with Gasteiger partial charge in [-0.05, 0) is 38.8 Å². The lowest BCUT2D eigenvalue weighted by Gasteiger charge is -2.22. The Labute approximate surface area is 112 Å². The van der Waals surface area contributed by atoms with Gasteiger partial charge in [0.1, 0.15) is 0 Å². The van der Waals surface area contributed by atoms with E-state index in [0.717, 1.165) is 36.7 Å². The Morgan fingerprint density at radius 1 is 0.800 bits per heavy atom. The zero-order valence-electron chi connectivity index (χ0n) is 9.73. The summed E-state index contributed by atoms with van der Waals surface area (Å²) in [6.07, 6.45) is 4.58. The smallest absolute Gasteiger partial charge is 0.331 e. The second-order valence-corrected chi connectivity index (χ2v) is 8.85. The maximum Gasteiger partial charge on any atom is 0.331 e. The Bertz CT molecular complexity index is 131. The topological polar surface area (TPSA) is 18.5 Å². The van der Waals surface area contributed by atoms with Crippen LogP contribution < -0.4 is 0 Å². The van der Waals surface area contributed by atoms with Crippen LogP contribution in [0.3, 0.4) is 0 Å². The third-order valence-electron chi connectivity index (χ3n) is 1.96. The molecule has 0 unspecified atom stereocenters. The van der Waals surface area contributed by atoms with Crippen LogP contribution in [0.25, 0.3) is 0 Å². The summed E-state index contributed by atoms with van der Waals surface area (Å²) in [5.41, 5.74) is 0. The molecule has 0 saturated carbocycles. The van der Waals surface area contributed by atoms with Crippen molar-refractivity contribution in [3.05, 3.63) is 0 Å². The highest BCUT2D eigenvalue weighted by molar-refractivity contribution is 9.09. The largest absolute Gasteiger partial charge is 0.395 e. The predicted octanol–water partition coefficient (Wildman–Crippen LogP) is 4.07. The number of hydrogen-bond donors (Lipinski definition) is 0. The molecule has 0 saturated heterocycles. The van der Waals surface area contributed by atoms with Gasteiger partial charge in [-0.25, -0.2) is 0 Å². The van der Waals surface area contributed by atoms with Crippen molar-refractivity contribution in [1.29, 1.82) is 0 Å². The van der Waals surface area contributed by atoms with Gasteiger partial charge in [-0.15, -0.1) is 0 Å². The quantitative estimate of drug-likeness (QED) is 0.331. The minimum absolute atomic E-state index is 0.837. The van der Waals surface area contributed by atoms with Gasteiger partial charge in [0.2, 0.25) is 0 Å². The standard InChI is InChI=1S/C10H22Br2O2Si/c1-15(2,13-9-5-3-7-11)14-10-6-4-8-12/h3-10H2,1-2H3. The molecule has 5 heteroatoms. The maximum atomic E-state index is 5.80. The molecule has 2 nitrogen and oxygen atoms in total. The molecule has 0 spiro atoms. The summed E-state index contributed by atoms with van der Waals surface area (Å²) < 4.78 is 11.6. The van der Waals surface area contributed by atoms with Crippen LogP contribution in [0.2, 0.25) is 13.1 Å². The summed E-state index contributed by atoms with van der Waals surface area (Å²) in [6.45, 7) is 5.91. The summed E-state index contributed by atoms with van der Waals surface area (Å²) in [7, 11) is -1.83. The average molecular weight is 362 g/mol. The van der Waals surface area contributed by atoms with Gasteiger partial charge < -0.3 is 8.85 Å². The Hall–Kier alpha value is 1.10. The summed E-state index contributed by atoms with van der Waals surface area (Å²) in [4.78, 5) is 0. The predicted molar refractivity (Wildman–Crippen MR) is 75.4 cm³/mol. The number of rotatable bonds is 10. The normalized spacial score (nSPS) is 12.0. The highest BCUT2D eigenvalue weighted by Gasteiger charge is 2.23. The van der Waals surface area contributed by atoms with Crippen LogP contribution >= 0.6 is 31.9 Å². The van der Waals surface area contributed by atoms with Crippen LogP contribution in [0.4, 0.5) is 0 Å². The molecule has 92 valence electrons. The molecule has 0 rings (SSSR count). The molecule has 0 radical (unpaired) electrons. The van der Waals surface area contributed by atoms with E-state index in [-0.39, 0.29) is 0 Å². The van der Waals surface area contributed by atoms with E-state index in [1.54, 1.807) is 0 Å². The van der Waals surface area contributed by atoms with Crippen molar-refractivity contribution in [3.63, 3.8) is 0 Å². The van der Waals surface area contributed by atoms with Gasteiger partial charge in [-0.3, -0.25) is 0 Å². The van der Waals surface area contributed by atoms with Crippen molar-refractivity contribution in [2.24, 2.45) is 0 Å². The van der Waals surface area contributed by atoms with E-state index in [1.807, 2.05) is 0 Å². The van der Waals surface area contributed by atoms with E-state index in [1.165, 1.54) is 12.8 Å². The monoisotopic (exact) mass is 360 g/mol. The molecule has 0 aromatic heterocycles. The molecular weight excluding hydrogens is 340 g/mol. The fraction of sp³-hybridized carbons (Fsp3) is 1.00. The van der Waals surface area contributed by atoms with Crippen molar-refractivity contribution < 1.29 is 8.85 Å². The molecule has 0 aliphatic rings. The fourth-order valence-electron chi connectivity index (χ4n) is 1.07. The zero-order valence-corrected chi connectivity index (χ0v) is 13.9. The Balaban J connectivity index is 3.40. The summed E-state index contributed by atoms with van der Waals surface area (Å²) in [5.74, 6) is 0. The lowest BCUT2D eigenvalue weighted by atomic mass is 10.4. The summed E-state index contributed by atoms with van der Waals surface area (Å²) in [5, 5.41) is 2.12. The lowest BCUT2D eigenvalue weighted by Crippen LogP contribution is -2.35. The molecule has 0 aromatic carbocycles. The van der Waals surface area contributed by atoms with Crippen molar-refractivity contribution in [2.45, 2.75) is 38.8 Å². The van der Waals surface area contributed by atoms with Crippen LogP contribution in [0, 0.1) is 0 Å². The number of halogens is 2. The van der Waals surface area contributed by atoms with Gasteiger partial charge in [-0.2, -0.15) is 0 Å². The zero-order chi connectivity index (χ0) is 11.6. The molecule has 0 aromatic rings. The first-order valence-corrected chi connectivity index (χ1v) is 10.6. The van der Waals surface area contributed by atoms with Gasteiger partial charge in [0.25, 0.3) is 0 Å². The Morgan fingerprint density at radius 2 is 1.20 bits per heavy atom. The van der Waals surface area contributed by atoms with Crippen molar-refractivity contribution in [2.75, 3.05) is 23.9 Å². The van der Waals surface area contributed by atoms with E-state index in [2.05, 4.69) is 45.0 Å². The Morgan fingerprint density at radius 3 is 1.53 bits per heavy atom. The van der Waals surface area contributed by atoms with E-state index < -0.39 is 8.56 Å². The lowest BCUT2D eigenvalue weighted by molar-refractivity contribution is 0.175. The molecule has 0 fully saturated rings. The van der Waals surface area contributed by atoms with Gasteiger partial charge in [0.15, 0.2) is 0 Å². The second kappa shape index (κ2) is 10.3. The van der Waals surface area contributed by atoms with E-state index in [4.69, 9.17) is 8.85 Å². The summed E-state index contributed by atoms with van der Waals surface area (Å²) >= 11 is 6.82. The highest BCUT2D eigenvalue weighted by Crippen LogP contribution is 2.09. The van der Waals surface area contributed by atoms with Crippen molar-refractivity contribution >= 4 is 40.4 Å². The minimum Gasteiger partial charge on any atom is -0.395 e. The van der Waals surface area contributed by atoms with E-state index >= 15 is 0 Å². The Kier molecular flexibility index (Phi) is 11.0. The molecule has 0 heterocycles. The van der Waals surface area contributed by atoms with E-state index in [9.17, 15) is 0 Å². The van der Waals surface area contributed by atoms with Crippen LogP contribution in [0.5, 0.6) is 0 Å². The minimum atomic E-state index is -1.83. The third-order valence-corrected chi connectivity index (χ3v) is 4.88. The average Bonchev–Trinajstić information content (AvgIpc) is 2.20. The number of unbranched alkanes of at least 4 members (excludes halogenated alkanes) is 2.